The number of carbonyl (C=O) groups is 3. The van der Waals surface area contributed by atoms with Crippen molar-refractivity contribution in [3.05, 3.63) is 76.0 Å². The number of fused-ring (bicyclic) bond motifs is 1. The normalized spacial score (nSPS) is 12.9. The van der Waals surface area contributed by atoms with Gasteiger partial charge in [-0.05, 0) is 67.1 Å². The van der Waals surface area contributed by atoms with Gasteiger partial charge in [-0.1, -0.05) is 31.2 Å². The second-order valence-electron chi connectivity index (χ2n) is 9.78. The maximum Gasteiger partial charge on any atom is 0.261 e. The van der Waals surface area contributed by atoms with E-state index in [1.807, 2.05) is 26.8 Å². The summed E-state index contributed by atoms with van der Waals surface area (Å²) in [5.74, 6) is 0.632. The van der Waals surface area contributed by atoms with Crippen molar-refractivity contribution in [3.63, 3.8) is 0 Å². The van der Waals surface area contributed by atoms with Crippen LogP contribution in [0.5, 0.6) is 17.2 Å². The Balaban J connectivity index is 1.71. The van der Waals surface area contributed by atoms with Crippen molar-refractivity contribution in [1.29, 1.82) is 0 Å². The zero-order valence-corrected chi connectivity index (χ0v) is 23.3. The summed E-state index contributed by atoms with van der Waals surface area (Å²) in [5.41, 5.74) is 0.819. The van der Waals surface area contributed by atoms with Gasteiger partial charge in [0.2, 0.25) is 18.6 Å². The summed E-state index contributed by atoms with van der Waals surface area (Å²) >= 11 is 1.29. The van der Waals surface area contributed by atoms with E-state index in [1.54, 1.807) is 61.0 Å². The van der Waals surface area contributed by atoms with Crippen LogP contribution in [0.3, 0.4) is 0 Å². The molecule has 9 nitrogen and oxygen atoms in total. The second kappa shape index (κ2) is 12.2. The standard InChI is InChI=1S/C29H33N3O6S/c1-5-29(2,3)31-28(35)26(20-8-6-9-21(15-20)36-4)32(17-19-11-12-22-23(14-19)38-18-37-22)25(33)16-30-27(34)24-10-7-13-39-24/h6-15,26H,5,16-18H2,1-4H3,(H,30,34)(H,31,35). The van der Waals surface area contributed by atoms with Crippen LogP contribution >= 0.6 is 11.3 Å². The topological polar surface area (TPSA) is 106 Å². The fourth-order valence-electron chi connectivity index (χ4n) is 4.09. The molecule has 206 valence electrons. The fourth-order valence-corrected chi connectivity index (χ4v) is 4.73. The molecule has 4 rings (SSSR count). The third kappa shape index (κ3) is 6.88. The highest BCUT2D eigenvalue weighted by Gasteiger charge is 2.34. The lowest BCUT2D eigenvalue weighted by molar-refractivity contribution is -0.141. The van der Waals surface area contributed by atoms with E-state index in [1.165, 1.54) is 16.2 Å². The molecule has 0 radical (unpaired) electrons. The zero-order chi connectivity index (χ0) is 28.0. The molecule has 2 heterocycles. The lowest BCUT2D eigenvalue weighted by atomic mass is 9.98. The third-order valence-electron chi connectivity index (χ3n) is 6.57. The quantitative estimate of drug-likeness (QED) is 0.368. The number of nitrogens with zero attached hydrogens (tertiary/aromatic N) is 1. The number of hydrogen-bond donors (Lipinski definition) is 2. The van der Waals surface area contributed by atoms with E-state index in [-0.39, 0.29) is 31.7 Å². The first kappa shape index (κ1) is 28.0. The molecular weight excluding hydrogens is 518 g/mol. The Morgan fingerprint density at radius 1 is 1.08 bits per heavy atom. The number of methoxy groups -OCH3 is 1. The van der Waals surface area contributed by atoms with Crippen LogP contribution in [0.15, 0.2) is 60.0 Å². The predicted molar refractivity (Wildman–Crippen MR) is 148 cm³/mol. The van der Waals surface area contributed by atoms with Gasteiger partial charge in [-0.15, -0.1) is 11.3 Å². The summed E-state index contributed by atoms with van der Waals surface area (Å²) in [6.07, 6.45) is 0.691. The second-order valence-corrected chi connectivity index (χ2v) is 10.7. The Morgan fingerprint density at radius 2 is 1.87 bits per heavy atom. The third-order valence-corrected chi connectivity index (χ3v) is 7.44. The van der Waals surface area contributed by atoms with Crippen LogP contribution in [0, 0.1) is 0 Å². The summed E-state index contributed by atoms with van der Waals surface area (Å²) in [4.78, 5) is 42.3. The van der Waals surface area contributed by atoms with E-state index in [4.69, 9.17) is 14.2 Å². The monoisotopic (exact) mass is 551 g/mol. The molecule has 0 fully saturated rings. The number of ether oxygens (including phenoxy) is 3. The molecule has 1 aliphatic heterocycles. The largest absolute Gasteiger partial charge is 0.497 e. The van der Waals surface area contributed by atoms with E-state index >= 15 is 0 Å². The Bertz CT molecular complexity index is 1320. The van der Waals surface area contributed by atoms with Gasteiger partial charge in [0.15, 0.2) is 11.5 Å². The SMILES string of the molecule is CCC(C)(C)NC(=O)C(c1cccc(OC)c1)N(Cc1ccc2c(c1)OCO2)C(=O)CNC(=O)c1cccs1. The van der Waals surface area contributed by atoms with Crippen LogP contribution in [0.2, 0.25) is 0 Å². The molecule has 0 spiro atoms. The van der Waals surface area contributed by atoms with Gasteiger partial charge < -0.3 is 29.7 Å². The molecule has 3 aromatic rings. The summed E-state index contributed by atoms with van der Waals surface area (Å²) in [7, 11) is 1.55. The maximum absolute atomic E-state index is 13.9. The van der Waals surface area contributed by atoms with E-state index < -0.39 is 17.5 Å². The van der Waals surface area contributed by atoms with Gasteiger partial charge in [0, 0.05) is 12.1 Å². The summed E-state index contributed by atoms with van der Waals surface area (Å²) in [6.45, 7) is 5.77. The number of nitrogens with one attached hydrogen (secondary N) is 2. The Kier molecular flexibility index (Phi) is 8.75. The first-order valence-electron chi connectivity index (χ1n) is 12.7. The van der Waals surface area contributed by atoms with Crippen molar-refractivity contribution >= 4 is 29.1 Å². The van der Waals surface area contributed by atoms with Crippen molar-refractivity contribution in [3.8, 4) is 17.2 Å². The molecule has 1 atom stereocenters. The first-order valence-corrected chi connectivity index (χ1v) is 13.5. The van der Waals surface area contributed by atoms with E-state index in [0.717, 1.165) is 5.56 Å². The molecular formula is C29H33N3O6S. The smallest absolute Gasteiger partial charge is 0.261 e. The lowest BCUT2D eigenvalue weighted by Gasteiger charge is -2.35. The summed E-state index contributed by atoms with van der Waals surface area (Å²) in [5, 5.41) is 7.58. The summed E-state index contributed by atoms with van der Waals surface area (Å²) < 4.78 is 16.4. The van der Waals surface area contributed by atoms with Crippen molar-refractivity contribution in [2.45, 2.75) is 45.3 Å². The number of thiophene rings is 1. The molecule has 10 heteroatoms. The fraction of sp³-hybridized carbons (Fsp3) is 0.345. The van der Waals surface area contributed by atoms with Crippen LogP contribution in [0.4, 0.5) is 0 Å². The van der Waals surface area contributed by atoms with Crippen LogP contribution < -0.4 is 24.8 Å². The van der Waals surface area contributed by atoms with Crippen LogP contribution in [0.25, 0.3) is 0 Å². The number of rotatable bonds is 11. The Hall–Kier alpha value is -4.05. The molecule has 39 heavy (non-hydrogen) atoms. The van der Waals surface area contributed by atoms with Crippen molar-refractivity contribution in [2.75, 3.05) is 20.4 Å². The van der Waals surface area contributed by atoms with E-state index in [9.17, 15) is 14.4 Å². The molecule has 3 amide bonds. The molecule has 2 N–H and O–H groups in total. The molecule has 1 aliphatic rings. The van der Waals surface area contributed by atoms with Gasteiger partial charge >= 0.3 is 0 Å². The van der Waals surface area contributed by atoms with Gasteiger partial charge in [-0.25, -0.2) is 0 Å². The minimum absolute atomic E-state index is 0.0895. The first-order chi connectivity index (χ1) is 18.7. The van der Waals surface area contributed by atoms with Crippen LogP contribution in [-0.4, -0.2) is 48.6 Å². The number of hydrogen-bond acceptors (Lipinski definition) is 7. The number of amides is 3. The van der Waals surface area contributed by atoms with E-state index in [2.05, 4.69) is 10.6 Å². The number of benzene rings is 2. The molecule has 0 aliphatic carbocycles. The van der Waals surface area contributed by atoms with Gasteiger partial charge in [0.25, 0.3) is 5.91 Å². The minimum Gasteiger partial charge on any atom is -0.497 e. The molecule has 1 unspecified atom stereocenters. The highest BCUT2D eigenvalue weighted by Crippen LogP contribution is 2.34. The number of carbonyl (C=O) groups excluding carboxylic acids is 3. The van der Waals surface area contributed by atoms with Crippen molar-refractivity contribution in [1.82, 2.24) is 15.5 Å². The Labute approximate surface area is 232 Å². The van der Waals surface area contributed by atoms with Crippen LogP contribution in [0.1, 0.15) is 54.0 Å². The van der Waals surface area contributed by atoms with Crippen molar-refractivity contribution in [2.24, 2.45) is 0 Å². The molecule has 1 aromatic heterocycles. The predicted octanol–water partition coefficient (Wildman–Crippen LogP) is 4.29. The van der Waals surface area contributed by atoms with E-state index in [0.29, 0.717) is 34.1 Å². The lowest BCUT2D eigenvalue weighted by Crippen LogP contribution is -2.51. The molecule has 0 saturated heterocycles. The molecule has 0 saturated carbocycles. The minimum atomic E-state index is -0.998. The van der Waals surface area contributed by atoms with Gasteiger partial charge in [0.05, 0.1) is 18.5 Å². The Morgan fingerprint density at radius 3 is 2.59 bits per heavy atom. The average molecular weight is 552 g/mol. The maximum atomic E-state index is 13.9. The zero-order valence-electron chi connectivity index (χ0n) is 22.5. The van der Waals surface area contributed by atoms with Gasteiger partial charge in [0.1, 0.15) is 11.8 Å². The van der Waals surface area contributed by atoms with Crippen molar-refractivity contribution < 1.29 is 28.6 Å². The average Bonchev–Trinajstić information content (AvgIpc) is 3.63. The molecule has 0 bridgehead atoms. The highest BCUT2D eigenvalue weighted by molar-refractivity contribution is 7.12. The van der Waals surface area contributed by atoms with Gasteiger partial charge in [-0.2, -0.15) is 0 Å². The molecule has 2 aromatic carbocycles. The van der Waals surface area contributed by atoms with Gasteiger partial charge in [-0.3, -0.25) is 14.4 Å². The summed E-state index contributed by atoms with van der Waals surface area (Å²) in [6, 6.07) is 14.9. The highest BCUT2D eigenvalue weighted by atomic mass is 32.1. The van der Waals surface area contributed by atoms with Crippen LogP contribution in [-0.2, 0) is 16.1 Å².